The molecule has 1 aromatic carbocycles. The fourth-order valence-electron chi connectivity index (χ4n) is 1.51. The highest BCUT2D eigenvalue weighted by atomic mass is 19.4. The molecule has 0 bridgehead atoms. The number of aryl methyl sites for hydroxylation is 1. The lowest BCUT2D eigenvalue weighted by atomic mass is 10.1. The fourth-order valence-corrected chi connectivity index (χ4v) is 1.51. The van der Waals surface area contributed by atoms with Gasteiger partial charge in [-0.25, -0.2) is 0 Å². The number of aromatic amines is 1. The van der Waals surface area contributed by atoms with Gasteiger partial charge in [-0.1, -0.05) is 12.1 Å². The van der Waals surface area contributed by atoms with Crippen molar-refractivity contribution in [2.24, 2.45) is 0 Å². The Kier molecular flexibility index (Phi) is 2.50. The normalized spacial score (nSPS) is 11.8. The third-order valence-corrected chi connectivity index (χ3v) is 2.36. The van der Waals surface area contributed by atoms with Crippen molar-refractivity contribution in [3.8, 4) is 11.3 Å². The Hall–Kier alpha value is -1.71. The molecule has 0 saturated carbocycles. The molecule has 1 heterocycles. The van der Waals surface area contributed by atoms with Gasteiger partial charge in [-0.15, -0.1) is 0 Å². The zero-order chi connectivity index (χ0) is 11.8. The van der Waals surface area contributed by atoms with Crippen LogP contribution < -0.4 is 0 Å². The summed E-state index contributed by atoms with van der Waals surface area (Å²) in [4.78, 5) is 3.07. The first kappa shape index (κ1) is 10.8. The van der Waals surface area contributed by atoms with E-state index in [2.05, 4.69) is 4.98 Å². The lowest BCUT2D eigenvalue weighted by molar-refractivity contribution is -0.137. The molecule has 1 N–H and O–H groups in total. The van der Waals surface area contributed by atoms with Gasteiger partial charge in [0.05, 0.1) is 5.56 Å². The second-order valence-corrected chi connectivity index (χ2v) is 3.63. The Balaban J connectivity index is 2.33. The summed E-state index contributed by atoms with van der Waals surface area (Å²) in [5.74, 6) is 0. The summed E-state index contributed by atoms with van der Waals surface area (Å²) in [5, 5.41) is 0. The second kappa shape index (κ2) is 3.70. The molecule has 0 aliphatic heterocycles. The molecule has 0 aliphatic rings. The Morgan fingerprint density at radius 3 is 2.00 bits per heavy atom. The molecular formula is C12H10F3N. The largest absolute Gasteiger partial charge is 0.416 e. The molecule has 2 aromatic rings. The summed E-state index contributed by atoms with van der Waals surface area (Å²) in [7, 11) is 0. The van der Waals surface area contributed by atoms with Crippen LogP contribution in [0.4, 0.5) is 13.2 Å². The van der Waals surface area contributed by atoms with Crippen LogP contribution in [0, 0.1) is 6.92 Å². The second-order valence-electron chi connectivity index (χ2n) is 3.63. The highest BCUT2D eigenvalue weighted by Crippen LogP contribution is 2.30. The first-order chi connectivity index (χ1) is 7.47. The van der Waals surface area contributed by atoms with Crippen LogP contribution in [-0.4, -0.2) is 4.98 Å². The van der Waals surface area contributed by atoms with Gasteiger partial charge in [-0.2, -0.15) is 13.2 Å². The van der Waals surface area contributed by atoms with E-state index in [1.807, 2.05) is 19.1 Å². The molecule has 0 unspecified atom stereocenters. The van der Waals surface area contributed by atoms with Gasteiger partial charge in [0.15, 0.2) is 0 Å². The maximum Gasteiger partial charge on any atom is 0.416 e. The molecule has 1 aromatic heterocycles. The first-order valence-corrected chi connectivity index (χ1v) is 4.80. The van der Waals surface area contributed by atoms with Crippen LogP contribution in [-0.2, 0) is 6.18 Å². The average Bonchev–Trinajstić information content (AvgIpc) is 2.64. The lowest BCUT2D eigenvalue weighted by Gasteiger charge is -2.06. The predicted octanol–water partition coefficient (Wildman–Crippen LogP) is 4.01. The number of alkyl halides is 3. The molecule has 84 valence electrons. The molecule has 0 aliphatic carbocycles. The van der Waals surface area contributed by atoms with Crippen LogP contribution in [0.5, 0.6) is 0 Å². The molecule has 0 spiro atoms. The summed E-state index contributed by atoms with van der Waals surface area (Å²) >= 11 is 0. The number of nitrogens with one attached hydrogen (secondary N) is 1. The van der Waals surface area contributed by atoms with Crippen LogP contribution in [0.25, 0.3) is 11.3 Å². The Labute approximate surface area is 90.9 Å². The quantitative estimate of drug-likeness (QED) is 0.754. The first-order valence-electron chi connectivity index (χ1n) is 4.80. The van der Waals surface area contributed by atoms with E-state index in [0.29, 0.717) is 0 Å². The standard InChI is InChI=1S/C12H10F3N/c1-8-2-7-11(16-8)9-3-5-10(6-4-9)12(13,14)15/h2-7,16H,1H3. The minimum absolute atomic E-state index is 0.625. The Bertz CT molecular complexity index is 480. The smallest absolute Gasteiger partial charge is 0.359 e. The van der Waals surface area contributed by atoms with Crippen molar-refractivity contribution in [3.63, 3.8) is 0 Å². The van der Waals surface area contributed by atoms with Crippen molar-refractivity contribution < 1.29 is 13.2 Å². The van der Waals surface area contributed by atoms with Gasteiger partial charge in [-0.3, -0.25) is 0 Å². The van der Waals surface area contributed by atoms with Crippen molar-refractivity contribution in [1.82, 2.24) is 4.98 Å². The monoisotopic (exact) mass is 225 g/mol. The molecule has 4 heteroatoms. The minimum atomic E-state index is -4.27. The molecule has 0 amide bonds. The lowest BCUT2D eigenvalue weighted by Crippen LogP contribution is -2.03. The van der Waals surface area contributed by atoms with Crippen LogP contribution in [0.1, 0.15) is 11.3 Å². The predicted molar refractivity (Wildman–Crippen MR) is 56.0 cm³/mol. The van der Waals surface area contributed by atoms with E-state index in [9.17, 15) is 13.2 Å². The highest BCUT2D eigenvalue weighted by Gasteiger charge is 2.29. The number of aromatic nitrogens is 1. The average molecular weight is 225 g/mol. The van der Waals surface area contributed by atoms with E-state index in [1.165, 1.54) is 12.1 Å². The Morgan fingerprint density at radius 1 is 0.938 bits per heavy atom. The molecule has 16 heavy (non-hydrogen) atoms. The van der Waals surface area contributed by atoms with Gasteiger partial charge < -0.3 is 4.98 Å². The number of H-pyrrole nitrogens is 1. The molecular weight excluding hydrogens is 215 g/mol. The summed E-state index contributed by atoms with van der Waals surface area (Å²) in [6.07, 6.45) is -4.27. The van der Waals surface area contributed by atoms with Crippen molar-refractivity contribution in [2.75, 3.05) is 0 Å². The molecule has 0 saturated heterocycles. The van der Waals surface area contributed by atoms with Crippen LogP contribution in [0.2, 0.25) is 0 Å². The number of hydrogen-bond acceptors (Lipinski definition) is 0. The van der Waals surface area contributed by atoms with Crippen molar-refractivity contribution in [1.29, 1.82) is 0 Å². The zero-order valence-corrected chi connectivity index (χ0v) is 8.60. The fraction of sp³-hybridized carbons (Fsp3) is 0.167. The maximum atomic E-state index is 12.3. The van der Waals surface area contributed by atoms with Crippen LogP contribution in [0.15, 0.2) is 36.4 Å². The minimum Gasteiger partial charge on any atom is -0.359 e. The van der Waals surface area contributed by atoms with Gasteiger partial charge in [0.1, 0.15) is 0 Å². The van der Waals surface area contributed by atoms with E-state index < -0.39 is 11.7 Å². The molecule has 0 radical (unpaired) electrons. The van der Waals surface area contributed by atoms with Crippen molar-refractivity contribution >= 4 is 0 Å². The summed E-state index contributed by atoms with van der Waals surface area (Å²) in [6, 6.07) is 8.84. The van der Waals surface area contributed by atoms with Crippen LogP contribution in [0.3, 0.4) is 0 Å². The van der Waals surface area contributed by atoms with E-state index in [1.54, 1.807) is 0 Å². The summed E-state index contributed by atoms with van der Waals surface area (Å²) in [6.45, 7) is 1.90. The summed E-state index contributed by atoms with van der Waals surface area (Å²) < 4.78 is 37.0. The molecule has 2 rings (SSSR count). The third kappa shape index (κ3) is 2.10. The Morgan fingerprint density at radius 2 is 1.56 bits per heavy atom. The SMILES string of the molecule is Cc1ccc(-c2ccc(C(F)(F)F)cc2)[nH]1. The van der Waals surface area contributed by atoms with Crippen molar-refractivity contribution in [2.45, 2.75) is 13.1 Å². The van der Waals surface area contributed by atoms with Gasteiger partial charge in [-0.05, 0) is 36.8 Å². The maximum absolute atomic E-state index is 12.3. The number of rotatable bonds is 1. The third-order valence-electron chi connectivity index (χ3n) is 2.36. The van der Waals surface area contributed by atoms with E-state index in [4.69, 9.17) is 0 Å². The van der Waals surface area contributed by atoms with Crippen LogP contribution >= 0.6 is 0 Å². The van der Waals surface area contributed by atoms with Gasteiger partial charge in [0.2, 0.25) is 0 Å². The van der Waals surface area contributed by atoms with Gasteiger partial charge in [0.25, 0.3) is 0 Å². The number of hydrogen-bond donors (Lipinski definition) is 1. The zero-order valence-electron chi connectivity index (χ0n) is 8.60. The van der Waals surface area contributed by atoms with E-state index in [0.717, 1.165) is 29.1 Å². The summed E-state index contributed by atoms with van der Waals surface area (Å²) in [5.41, 5.74) is 1.93. The topological polar surface area (TPSA) is 15.8 Å². The highest BCUT2D eigenvalue weighted by molar-refractivity contribution is 5.60. The molecule has 0 fully saturated rings. The van der Waals surface area contributed by atoms with Gasteiger partial charge >= 0.3 is 6.18 Å². The van der Waals surface area contributed by atoms with Crippen molar-refractivity contribution in [3.05, 3.63) is 47.7 Å². The molecule has 1 nitrogen and oxygen atoms in total. The van der Waals surface area contributed by atoms with E-state index >= 15 is 0 Å². The molecule has 0 atom stereocenters. The van der Waals surface area contributed by atoms with E-state index in [-0.39, 0.29) is 0 Å². The number of benzene rings is 1. The number of halogens is 3. The van der Waals surface area contributed by atoms with Gasteiger partial charge in [0, 0.05) is 11.4 Å².